The van der Waals surface area contributed by atoms with Gasteiger partial charge in [0.15, 0.2) is 0 Å². The summed E-state index contributed by atoms with van der Waals surface area (Å²) in [5.41, 5.74) is 4.66. The van der Waals surface area contributed by atoms with Crippen molar-refractivity contribution in [1.82, 2.24) is 19.6 Å². The summed E-state index contributed by atoms with van der Waals surface area (Å²) >= 11 is 0. The van der Waals surface area contributed by atoms with Gasteiger partial charge in [0.2, 0.25) is 0 Å². The maximum atomic E-state index is 13.0. The first-order valence-corrected chi connectivity index (χ1v) is 10.5. The van der Waals surface area contributed by atoms with E-state index in [2.05, 4.69) is 34.3 Å². The molecule has 0 saturated carbocycles. The lowest BCUT2D eigenvalue weighted by atomic mass is 9.87. The van der Waals surface area contributed by atoms with E-state index in [4.69, 9.17) is 0 Å². The second-order valence-electron chi connectivity index (χ2n) is 7.99. The summed E-state index contributed by atoms with van der Waals surface area (Å²) in [6.45, 7) is 3.50. The third-order valence-electron chi connectivity index (χ3n) is 6.30. The van der Waals surface area contributed by atoms with E-state index in [1.165, 1.54) is 24.0 Å². The number of hydrogen-bond donors (Lipinski definition) is 0. The molecule has 1 atom stereocenters. The number of rotatable bonds is 3. The monoisotopic (exact) mass is 386 g/mol. The van der Waals surface area contributed by atoms with Crippen molar-refractivity contribution >= 4 is 5.91 Å². The Morgan fingerprint density at radius 2 is 1.76 bits per heavy atom. The van der Waals surface area contributed by atoms with Gasteiger partial charge in [-0.3, -0.25) is 9.69 Å². The molecular weight excluding hydrogens is 360 g/mol. The highest BCUT2D eigenvalue weighted by Gasteiger charge is 2.29. The summed E-state index contributed by atoms with van der Waals surface area (Å²) in [6, 6.07) is 19.1. The average molecular weight is 386 g/mol. The van der Waals surface area contributed by atoms with Crippen molar-refractivity contribution in [3.05, 3.63) is 83.7 Å². The molecule has 1 aromatic heterocycles. The number of benzene rings is 2. The van der Waals surface area contributed by atoms with Crippen LogP contribution in [0.4, 0.5) is 0 Å². The molecule has 2 aromatic carbocycles. The summed E-state index contributed by atoms with van der Waals surface area (Å²) in [5, 5.41) is 4.26. The quantitative estimate of drug-likeness (QED) is 0.694. The molecule has 29 heavy (non-hydrogen) atoms. The number of aromatic nitrogens is 2. The Bertz CT molecular complexity index is 990. The minimum atomic E-state index is 0.118. The van der Waals surface area contributed by atoms with Gasteiger partial charge in [-0.05, 0) is 54.7 Å². The number of amides is 1. The number of aryl methyl sites for hydroxylation is 1. The first kappa shape index (κ1) is 18.1. The fraction of sp³-hybridized carbons (Fsp3) is 0.333. The summed E-state index contributed by atoms with van der Waals surface area (Å²) < 4.78 is 1.79. The zero-order chi connectivity index (χ0) is 19.6. The molecule has 0 unspecified atom stereocenters. The Labute approximate surface area is 171 Å². The van der Waals surface area contributed by atoms with Gasteiger partial charge in [-0.25, -0.2) is 4.68 Å². The van der Waals surface area contributed by atoms with E-state index in [0.29, 0.717) is 6.04 Å². The van der Waals surface area contributed by atoms with Crippen molar-refractivity contribution in [2.45, 2.75) is 25.3 Å². The molecule has 5 nitrogen and oxygen atoms in total. The highest BCUT2D eigenvalue weighted by molar-refractivity contribution is 5.94. The van der Waals surface area contributed by atoms with Crippen molar-refractivity contribution in [1.29, 1.82) is 0 Å². The zero-order valence-electron chi connectivity index (χ0n) is 16.6. The Hall–Kier alpha value is -2.92. The number of carbonyl (C=O) groups excluding carboxylic acids is 1. The van der Waals surface area contributed by atoms with Crippen LogP contribution in [0.25, 0.3) is 5.69 Å². The lowest BCUT2D eigenvalue weighted by molar-refractivity contribution is 0.0553. The molecule has 1 aliphatic heterocycles. The van der Waals surface area contributed by atoms with E-state index in [-0.39, 0.29) is 5.91 Å². The second kappa shape index (κ2) is 7.84. The lowest BCUT2D eigenvalue weighted by Crippen LogP contribution is -2.53. The molecule has 1 saturated heterocycles. The van der Waals surface area contributed by atoms with Crippen LogP contribution in [-0.4, -0.2) is 57.7 Å². The molecule has 0 radical (unpaired) electrons. The van der Waals surface area contributed by atoms with E-state index in [1.807, 2.05) is 41.4 Å². The van der Waals surface area contributed by atoms with E-state index < -0.39 is 0 Å². The lowest BCUT2D eigenvalue weighted by Gasteiger charge is -2.41. The molecule has 0 spiro atoms. The third-order valence-corrected chi connectivity index (χ3v) is 6.30. The second-order valence-corrected chi connectivity index (χ2v) is 7.99. The molecular formula is C24H26N4O. The van der Waals surface area contributed by atoms with E-state index >= 15 is 0 Å². The fourth-order valence-electron chi connectivity index (χ4n) is 4.67. The average Bonchev–Trinajstić information content (AvgIpc) is 3.34. The highest BCUT2D eigenvalue weighted by Crippen LogP contribution is 2.25. The highest BCUT2D eigenvalue weighted by atomic mass is 16.2. The molecule has 5 rings (SSSR count). The number of carbonyl (C=O) groups is 1. The van der Waals surface area contributed by atoms with E-state index in [1.54, 1.807) is 10.9 Å². The van der Waals surface area contributed by atoms with Crippen molar-refractivity contribution in [3.8, 4) is 5.69 Å². The van der Waals surface area contributed by atoms with Gasteiger partial charge in [-0.1, -0.05) is 30.3 Å². The molecule has 0 N–H and O–H groups in total. The Balaban J connectivity index is 1.22. The van der Waals surface area contributed by atoms with Gasteiger partial charge in [0, 0.05) is 50.2 Å². The van der Waals surface area contributed by atoms with Crippen LogP contribution >= 0.6 is 0 Å². The van der Waals surface area contributed by atoms with Crippen molar-refractivity contribution in [2.75, 3.05) is 26.2 Å². The normalized spacial score (nSPS) is 19.7. The Morgan fingerprint density at radius 3 is 2.55 bits per heavy atom. The summed E-state index contributed by atoms with van der Waals surface area (Å²) in [5.74, 6) is 0.118. The predicted octanol–water partition coefficient (Wildman–Crippen LogP) is 3.19. The van der Waals surface area contributed by atoms with Gasteiger partial charge in [0.25, 0.3) is 5.91 Å². The first-order chi connectivity index (χ1) is 14.3. The van der Waals surface area contributed by atoms with Gasteiger partial charge in [-0.2, -0.15) is 5.10 Å². The van der Waals surface area contributed by atoms with Crippen molar-refractivity contribution < 1.29 is 4.79 Å². The molecule has 5 heteroatoms. The first-order valence-electron chi connectivity index (χ1n) is 10.5. The molecule has 1 fully saturated rings. The molecule has 1 amide bonds. The number of fused-ring (bicyclic) bond motifs is 1. The van der Waals surface area contributed by atoms with Crippen LogP contribution in [0.3, 0.4) is 0 Å². The molecule has 148 valence electrons. The minimum absolute atomic E-state index is 0.118. The van der Waals surface area contributed by atoms with Crippen molar-refractivity contribution in [2.24, 2.45) is 0 Å². The largest absolute Gasteiger partial charge is 0.336 e. The zero-order valence-corrected chi connectivity index (χ0v) is 16.6. The van der Waals surface area contributed by atoms with Gasteiger partial charge in [0.05, 0.1) is 5.69 Å². The number of hydrogen-bond acceptors (Lipinski definition) is 3. The minimum Gasteiger partial charge on any atom is -0.336 e. The smallest absolute Gasteiger partial charge is 0.254 e. The van der Waals surface area contributed by atoms with Gasteiger partial charge < -0.3 is 4.90 Å². The summed E-state index contributed by atoms with van der Waals surface area (Å²) in [4.78, 5) is 17.6. The molecule has 1 aliphatic carbocycles. The van der Waals surface area contributed by atoms with Crippen LogP contribution in [-0.2, 0) is 12.8 Å². The number of piperazine rings is 1. The molecule has 2 heterocycles. The standard InChI is InChI=1S/C24H26N4O/c29-24(21-7-3-8-23(18-21)28-12-4-11-25-28)27-15-13-26(14-16-27)22-10-9-19-5-1-2-6-20(19)17-22/h1-8,11-12,18,22H,9-10,13-17H2/t22-/m1/s1. The van der Waals surface area contributed by atoms with Crippen LogP contribution in [0.1, 0.15) is 27.9 Å². The fourth-order valence-corrected chi connectivity index (χ4v) is 4.67. The maximum absolute atomic E-state index is 13.0. The predicted molar refractivity (Wildman–Crippen MR) is 113 cm³/mol. The molecule has 3 aromatic rings. The molecule has 2 aliphatic rings. The maximum Gasteiger partial charge on any atom is 0.254 e. The SMILES string of the molecule is O=C(c1cccc(-n2cccn2)c1)N1CCN([C@@H]2CCc3ccccc3C2)CC1. The molecule has 0 bridgehead atoms. The van der Waals surface area contributed by atoms with Gasteiger partial charge >= 0.3 is 0 Å². The Morgan fingerprint density at radius 1 is 0.931 bits per heavy atom. The summed E-state index contributed by atoms with van der Waals surface area (Å²) in [6.07, 6.45) is 7.16. The Kier molecular flexibility index (Phi) is 4.90. The topological polar surface area (TPSA) is 41.4 Å². The van der Waals surface area contributed by atoms with Crippen LogP contribution in [0, 0.1) is 0 Å². The van der Waals surface area contributed by atoms with Crippen LogP contribution in [0.5, 0.6) is 0 Å². The third kappa shape index (κ3) is 3.70. The van der Waals surface area contributed by atoms with Crippen LogP contribution in [0.15, 0.2) is 67.0 Å². The van der Waals surface area contributed by atoms with Crippen molar-refractivity contribution in [3.63, 3.8) is 0 Å². The van der Waals surface area contributed by atoms with E-state index in [0.717, 1.165) is 43.9 Å². The van der Waals surface area contributed by atoms with Crippen LogP contribution < -0.4 is 0 Å². The number of nitrogens with zero attached hydrogens (tertiary/aromatic N) is 4. The van der Waals surface area contributed by atoms with E-state index in [9.17, 15) is 4.79 Å². The van der Waals surface area contributed by atoms with Gasteiger partial charge in [-0.15, -0.1) is 0 Å². The van der Waals surface area contributed by atoms with Gasteiger partial charge in [0.1, 0.15) is 0 Å². The van der Waals surface area contributed by atoms with Crippen LogP contribution in [0.2, 0.25) is 0 Å². The summed E-state index contributed by atoms with van der Waals surface area (Å²) in [7, 11) is 0.